The second-order valence-corrected chi connectivity index (χ2v) is 3.86. The van der Waals surface area contributed by atoms with Gasteiger partial charge in [0, 0.05) is 11.4 Å². The molecule has 0 bridgehead atoms. The van der Waals surface area contributed by atoms with E-state index in [2.05, 4.69) is 15.9 Å². The molecule has 1 fully saturated rings. The highest BCUT2D eigenvalue weighted by Gasteiger charge is 2.18. The van der Waals surface area contributed by atoms with E-state index in [1.54, 1.807) is 0 Å². The van der Waals surface area contributed by atoms with Gasteiger partial charge in [0.15, 0.2) is 0 Å². The van der Waals surface area contributed by atoms with Gasteiger partial charge in [-0.1, -0.05) is 35.2 Å². The fourth-order valence-corrected chi connectivity index (χ4v) is 2.22. The Hall–Kier alpha value is 0.440. The number of hydrogen-bond donors (Lipinski definition) is 1. The van der Waals surface area contributed by atoms with Gasteiger partial charge in [-0.15, -0.1) is 0 Å². The molecule has 2 N–H and O–H groups in total. The van der Waals surface area contributed by atoms with E-state index in [4.69, 9.17) is 5.73 Å². The van der Waals surface area contributed by atoms with Gasteiger partial charge in [-0.2, -0.15) is 0 Å². The Bertz CT molecular complexity index is 89.3. The SMILES string of the molecule is NC(CBr)C1CCCCC1. The molecular weight excluding hydrogens is 190 g/mol. The van der Waals surface area contributed by atoms with Crippen LogP contribution >= 0.6 is 15.9 Å². The zero-order valence-electron chi connectivity index (χ0n) is 6.35. The zero-order chi connectivity index (χ0) is 7.40. The van der Waals surface area contributed by atoms with Gasteiger partial charge in [-0.3, -0.25) is 0 Å². The molecule has 0 aliphatic heterocycles. The van der Waals surface area contributed by atoms with Crippen molar-refractivity contribution < 1.29 is 0 Å². The fraction of sp³-hybridized carbons (Fsp3) is 1.00. The highest BCUT2D eigenvalue weighted by molar-refractivity contribution is 9.09. The molecule has 2 heteroatoms. The second-order valence-electron chi connectivity index (χ2n) is 3.22. The lowest BCUT2D eigenvalue weighted by Crippen LogP contribution is -2.32. The molecule has 1 atom stereocenters. The molecule has 1 aliphatic rings. The maximum atomic E-state index is 5.90. The summed E-state index contributed by atoms with van der Waals surface area (Å²) in [6.45, 7) is 0. The molecule has 1 rings (SSSR count). The maximum absolute atomic E-state index is 5.90. The third-order valence-corrected chi connectivity index (χ3v) is 3.18. The van der Waals surface area contributed by atoms with Crippen LogP contribution in [0.3, 0.4) is 0 Å². The first kappa shape index (κ1) is 8.54. The summed E-state index contributed by atoms with van der Waals surface area (Å²) in [7, 11) is 0. The average molecular weight is 206 g/mol. The van der Waals surface area contributed by atoms with Gasteiger partial charge in [-0.25, -0.2) is 0 Å². The van der Waals surface area contributed by atoms with Crippen LogP contribution in [0.1, 0.15) is 32.1 Å². The minimum absolute atomic E-state index is 0.403. The first-order valence-corrected chi connectivity index (χ1v) is 5.28. The topological polar surface area (TPSA) is 26.0 Å². The zero-order valence-corrected chi connectivity index (χ0v) is 7.94. The van der Waals surface area contributed by atoms with Gasteiger partial charge < -0.3 is 5.73 Å². The summed E-state index contributed by atoms with van der Waals surface area (Å²) in [6, 6.07) is 0.403. The van der Waals surface area contributed by atoms with Crippen LogP contribution in [0.2, 0.25) is 0 Å². The van der Waals surface area contributed by atoms with Crippen LogP contribution in [-0.2, 0) is 0 Å². The van der Waals surface area contributed by atoms with Crippen LogP contribution in [0, 0.1) is 5.92 Å². The molecule has 0 aromatic heterocycles. The van der Waals surface area contributed by atoms with E-state index in [0.29, 0.717) is 6.04 Å². The molecular formula is C8H16BrN. The average Bonchev–Trinajstić information content (AvgIpc) is 2.05. The largest absolute Gasteiger partial charge is 0.327 e. The molecule has 1 unspecified atom stereocenters. The normalized spacial score (nSPS) is 24.6. The Labute approximate surface area is 71.5 Å². The van der Waals surface area contributed by atoms with Gasteiger partial charge >= 0.3 is 0 Å². The van der Waals surface area contributed by atoms with Crippen LogP contribution in [0.25, 0.3) is 0 Å². The standard InChI is InChI=1S/C8H16BrN/c9-6-8(10)7-4-2-1-3-5-7/h7-8H,1-6,10H2. The van der Waals surface area contributed by atoms with E-state index >= 15 is 0 Å². The van der Waals surface area contributed by atoms with Gasteiger partial charge in [0.2, 0.25) is 0 Å². The Balaban J connectivity index is 2.24. The minimum atomic E-state index is 0.403. The first-order chi connectivity index (χ1) is 4.84. The van der Waals surface area contributed by atoms with Crippen molar-refractivity contribution in [3.05, 3.63) is 0 Å². The van der Waals surface area contributed by atoms with Crippen molar-refractivity contribution in [3.63, 3.8) is 0 Å². The minimum Gasteiger partial charge on any atom is -0.327 e. The van der Waals surface area contributed by atoms with Crippen molar-refractivity contribution in [2.24, 2.45) is 11.7 Å². The summed E-state index contributed by atoms with van der Waals surface area (Å²) in [5, 5.41) is 0.970. The quantitative estimate of drug-likeness (QED) is 0.689. The monoisotopic (exact) mass is 205 g/mol. The molecule has 10 heavy (non-hydrogen) atoms. The number of nitrogens with two attached hydrogens (primary N) is 1. The number of alkyl halides is 1. The Morgan fingerprint density at radius 1 is 1.30 bits per heavy atom. The summed E-state index contributed by atoms with van der Waals surface area (Å²) in [5.41, 5.74) is 5.90. The lowest BCUT2D eigenvalue weighted by molar-refractivity contribution is 0.320. The fourth-order valence-electron chi connectivity index (χ4n) is 1.69. The Morgan fingerprint density at radius 3 is 2.40 bits per heavy atom. The molecule has 0 amide bonds. The van der Waals surface area contributed by atoms with Crippen molar-refractivity contribution in [1.29, 1.82) is 0 Å². The molecule has 0 heterocycles. The molecule has 0 aromatic carbocycles. The molecule has 60 valence electrons. The van der Waals surface area contributed by atoms with E-state index < -0.39 is 0 Å². The van der Waals surface area contributed by atoms with E-state index in [-0.39, 0.29) is 0 Å². The van der Waals surface area contributed by atoms with Crippen molar-refractivity contribution in [2.45, 2.75) is 38.1 Å². The maximum Gasteiger partial charge on any atom is 0.0186 e. The third kappa shape index (κ3) is 2.24. The van der Waals surface area contributed by atoms with Crippen molar-refractivity contribution in [1.82, 2.24) is 0 Å². The van der Waals surface area contributed by atoms with Gasteiger partial charge in [0.05, 0.1) is 0 Å². The Kier molecular flexibility index (Phi) is 3.71. The molecule has 1 aliphatic carbocycles. The molecule has 1 nitrogen and oxygen atoms in total. The van der Waals surface area contributed by atoms with E-state index in [1.165, 1.54) is 32.1 Å². The summed E-state index contributed by atoms with van der Waals surface area (Å²) in [6.07, 6.45) is 6.92. The predicted molar refractivity (Wildman–Crippen MR) is 48.3 cm³/mol. The summed E-state index contributed by atoms with van der Waals surface area (Å²) in [4.78, 5) is 0. The van der Waals surface area contributed by atoms with Gasteiger partial charge in [0.25, 0.3) is 0 Å². The van der Waals surface area contributed by atoms with Crippen LogP contribution in [0.4, 0.5) is 0 Å². The van der Waals surface area contributed by atoms with Crippen LogP contribution in [0.5, 0.6) is 0 Å². The first-order valence-electron chi connectivity index (χ1n) is 4.16. The number of hydrogen-bond acceptors (Lipinski definition) is 1. The van der Waals surface area contributed by atoms with Crippen molar-refractivity contribution in [2.75, 3.05) is 5.33 Å². The third-order valence-electron chi connectivity index (χ3n) is 2.43. The highest BCUT2D eigenvalue weighted by atomic mass is 79.9. The van der Waals surface area contributed by atoms with Crippen molar-refractivity contribution >= 4 is 15.9 Å². The number of rotatable bonds is 2. The molecule has 0 saturated heterocycles. The summed E-state index contributed by atoms with van der Waals surface area (Å²) >= 11 is 3.43. The molecule has 0 aromatic rings. The molecule has 0 spiro atoms. The lowest BCUT2D eigenvalue weighted by atomic mass is 9.85. The second kappa shape index (κ2) is 4.35. The van der Waals surface area contributed by atoms with Crippen molar-refractivity contribution in [3.8, 4) is 0 Å². The molecule has 1 saturated carbocycles. The summed E-state index contributed by atoms with van der Waals surface area (Å²) < 4.78 is 0. The van der Waals surface area contributed by atoms with Gasteiger partial charge in [0.1, 0.15) is 0 Å². The van der Waals surface area contributed by atoms with Gasteiger partial charge in [-0.05, 0) is 18.8 Å². The predicted octanol–water partition coefficient (Wildman–Crippen LogP) is 2.29. The highest BCUT2D eigenvalue weighted by Crippen LogP contribution is 2.25. The lowest BCUT2D eigenvalue weighted by Gasteiger charge is -2.25. The van der Waals surface area contributed by atoms with Crippen LogP contribution < -0.4 is 5.73 Å². The Morgan fingerprint density at radius 2 is 1.90 bits per heavy atom. The molecule has 0 radical (unpaired) electrons. The van der Waals surface area contributed by atoms with E-state index in [9.17, 15) is 0 Å². The van der Waals surface area contributed by atoms with E-state index in [1.807, 2.05) is 0 Å². The number of halogens is 1. The smallest absolute Gasteiger partial charge is 0.0186 e. The van der Waals surface area contributed by atoms with Crippen LogP contribution in [0.15, 0.2) is 0 Å². The summed E-state index contributed by atoms with van der Waals surface area (Å²) in [5.74, 6) is 0.799. The van der Waals surface area contributed by atoms with Crippen LogP contribution in [-0.4, -0.2) is 11.4 Å². The van der Waals surface area contributed by atoms with E-state index in [0.717, 1.165) is 11.2 Å².